The molecular weight excluding hydrogens is 513 g/mol. The van der Waals surface area contributed by atoms with Crippen LogP contribution in [0.5, 0.6) is 0 Å². The van der Waals surface area contributed by atoms with Crippen molar-refractivity contribution < 1.29 is 18.0 Å². The van der Waals surface area contributed by atoms with E-state index in [1.54, 1.807) is 4.90 Å². The molecule has 1 saturated carbocycles. The number of aromatic nitrogens is 1. The summed E-state index contributed by atoms with van der Waals surface area (Å²) in [6.07, 6.45) is 0.402. The number of halogens is 3. The van der Waals surface area contributed by atoms with E-state index in [-0.39, 0.29) is 16.7 Å². The van der Waals surface area contributed by atoms with Crippen LogP contribution in [-0.4, -0.2) is 41.2 Å². The number of hydrogen-bond acceptors (Lipinski definition) is 6. The number of amides is 1. The second-order valence-corrected chi connectivity index (χ2v) is 10.3. The van der Waals surface area contributed by atoms with Crippen LogP contribution in [0.25, 0.3) is 5.70 Å². The number of thiocarbonyl (C=S) groups is 1. The first-order chi connectivity index (χ1) is 18.2. The number of alkyl halides is 3. The molecule has 1 aromatic heterocycles. The molecule has 3 aliphatic rings. The fourth-order valence-electron chi connectivity index (χ4n) is 5.36. The van der Waals surface area contributed by atoms with E-state index in [9.17, 15) is 18.0 Å². The second kappa shape index (κ2) is 10.0. The van der Waals surface area contributed by atoms with Crippen LogP contribution in [0.1, 0.15) is 48.9 Å². The molecule has 11 heteroatoms. The number of hydrogen-bond donors (Lipinski definition) is 2. The molecule has 2 aliphatic heterocycles. The first-order valence-corrected chi connectivity index (χ1v) is 13.0. The third kappa shape index (κ3) is 4.52. The fraction of sp³-hybridized carbons (Fsp3) is 0.407. The van der Waals surface area contributed by atoms with Gasteiger partial charge >= 0.3 is 6.18 Å². The Morgan fingerprint density at radius 3 is 2.50 bits per heavy atom. The number of benzene rings is 1. The van der Waals surface area contributed by atoms with E-state index in [0.717, 1.165) is 67.3 Å². The summed E-state index contributed by atoms with van der Waals surface area (Å²) < 4.78 is 40.7. The quantitative estimate of drug-likeness (QED) is 0.519. The van der Waals surface area contributed by atoms with E-state index in [0.29, 0.717) is 24.4 Å². The molecule has 0 atom stereocenters. The van der Waals surface area contributed by atoms with Crippen LogP contribution in [0.4, 0.5) is 24.5 Å². The highest BCUT2D eigenvalue weighted by molar-refractivity contribution is 7.81. The molecule has 1 aromatic carbocycles. The van der Waals surface area contributed by atoms with Gasteiger partial charge in [0.2, 0.25) is 0 Å². The maximum Gasteiger partial charge on any atom is 0.419 e. The Bertz CT molecular complexity index is 1310. The van der Waals surface area contributed by atoms with Crippen LogP contribution < -0.4 is 20.4 Å². The third-order valence-corrected chi connectivity index (χ3v) is 8.04. The van der Waals surface area contributed by atoms with Gasteiger partial charge in [-0.25, -0.2) is 4.98 Å². The standard InChI is InChI=1S/C27H27F3N6OS/c1-17(33-15-18-7-11-32-12-8-18)19-3-5-20(6-4-19)36-25(38)35(24(37)26(36)9-2-10-26)21-13-22(27(28,29)30)23(14-31)34-16-21/h3-6,13,16,18,32-33H,1-2,7-12,15H2. The Morgan fingerprint density at radius 2 is 1.92 bits per heavy atom. The average Bonchev–Trinajstić information content (AvgIpc) is 3.13. The molecule has 2 N–H and O–H groups in total. The average molecular weight is 541 g/mol. The van der Waals surface area contributed by atoms with Crippen molar-refractivity contribution >= 4 is 40.3 Å². The van der Waals surface area contributed by atoms with E-state index >= 15 is 0 Å². The van der Waals surface area contributed by atoms with Crippen molar-refractivity contribution in [3.63, 3.8) is 0 Å². The largest absolute Gasteiger partial charge is 0.419 e. The number of carbonyl (C=O) groups is 1. The summed E-state index contributed by atoms with van der Waals surface area (Å²) in [5.41, 5.74) is -0.615. The number of pyridine rings is 1. The van der Waals surface area contributed by atoms with Crippen LogP contribution in [-0.2, 0) is 11.0 Å². The molecule has 5 rings (SSSR count). The summed E-state index contributed by atoms with van der Waals surface area (Å²) in [7, 11) is 0. The molecule has 1 aliphatic carbocycles. The van der Waals surface area contributed by atoms with Crippen LogP contribution in [0.15, 0.2) is 43.1 Å². The van der Waals surface area contributed by atoms with E-state index in [2.05, 4.69) is 22.2 Å². The van der Waals surface area contributed by atoms with Gasteiger partial charge < -0.3 is 15.5 Å². The molecule has 7 nitrogen and oxygen atoms in total. The van der Waals surface area contributed by atoms with Crippen molar-refractivity contribution in [3.05, 3.63) is 59.9 Å². The maximum absolute atomic E-state index is 13.6. The second-order valence-electron chi connectivity index (χ2n) is 9.94. The Labute approximate surface area is 224 Å². The zero-order valence-electron chi connectivity index (χ0n) is 20.6. The van der Waals surface area contributed by atoms with Crippen LogP contribution in [0.2, 0.25) is 0 Å². The summed E-state index contributed by atoms with van der Waals surface area (Å²) in [6, 6.07) is 9.75. The highest BCUT2D eigenvalue weighted by Gasteiger charge is 2.59. The molecule has 38 heavy (non-hydrogen) atoms. The number of nitriles is 1. The first kappa shape index (κ1) is 26.1. The number of nitrogens with one attached hydrogen (secondary N) is 2. The van der Waals surface area contributed by atoms with Gasteiger partial charge in [0.15, 0.2) is 10.8 Å². The monoisotopic (exact) mass is 540 g/mol. The molecular formula is C27H27F3N6OS. The number of rotatable bonds is 6. The van der Waals surface area contributed by atoms with Gasteiger partial charge in [-0.05, 0) is 87.1 Å². The van der Waals surface area contributed by atoms with Crippen molar-refractivity contribution in [2.75, 3.05) is 29.4 Å². The summed E-state index contributed by atoms with van der Waals surface area (Å²) >= 11 is 5.67. The van der Waals surface area contributed by atoms with Crippen LogP contribution >= 0.6 is 12.2 Å². The van der Waals surface area contributed by atoms with Crippen molar-refractivity contribution in [2.45, 2.75) is 43.8 Å². The fourth-order valence-corrected chi connectivity index (χ4v) is 5.82. The van der Waals surface area contributed by atoms with Gasteiger partial charge in [-0.15, -0.1) is 0 Å². The van der Waals surface area contributed by atoms with Gasteiger partial charge in [0, 0.05) is 17.9 Å². The van der Waals surface area contributed by atoms with E-state index in [1.165, 1.54) is 6.07 Å². The SMILES string of the molecule is C=C(NCC1CCNCC1)c1ccc(N2C(=S)N(c3cnc(C#N)c(C(F)(F)F)c3)C(=O)C23CCC3)cc1. The van der Waals surface area contributed by atoms with Gasteiger partial charge in [0.1, 0.15) is 11.6 Å². The summed E-state index contributed by atoms with van der Waals surface area (Å²) in [5.74, 6) is 0.213. The van der Waals surface area contributed by atoms with Gasteiger partial charge in [-0.1, -0.05) is 18.7 Å². The van der Waals surface area contributed by atoms with Crippen molar-refractivity contribution in [3.8, 4) is 6.07 Å². The first-order valence-electron chi connectivity index (χ1n) is 12.6. The molecule has 2 aromatic rings. The van der Waals surface area contributed by atoms with Crippen molar-refractivity contribution in [2.24, 2.45) is 5.92 Å². The Hall–Kier alpha value is -3.49. The van der Waals surface area contributed by atoms with Gasteiger partial charge in [0.05, 0.1) is 17.4 Å². The molecule has 198 valence electrons. The molecule has 0 bridgehead atoms. The minimum absolute atomic E-state index is 0.0879. The number of nitrogens with zero attached hydrogens (tertiary/aromatic N) is 4. The lowest BCUT2D eigenvalue weighted by Gasteiger charge is -2.43. The van der Waals surface area contributed by atoms with Crippen LogP contribution in [0.3, 0.4) is 0 Å². The van der Waals surface area contributed by atoms with Gasteiger partial charge in [-0.3, -0.25) is 9.69 Å². The minimum atomic E-state index is -4.80. The number of anilines is 2. The molecule has 3 fully saturated rings. The zero-order chi connectivity index (χ0) is 27.1. The predicted molar refractivity (Wildman–Crippen MR) is 142 cm³/mol. The molecule has 0 unspecified atom stereocenters. The van der Waals surface area contributed by atoms with Crippen LogP contribution in [0, 0.1) is 17.2 Å². The molecule has 1 spiro atoms. The molecule has 0 radical (unpaired) electrons. The summed E-state index contributed by atoms with van der Waals surface area (Å²) in [6.45, 7) is 7.06. The lowest BCUT2D eigenvalue weighted by molar-refractivity contribution is -0.138. The summed E-state index contributed by atoms with van der Waals surface area (Å²) in [4.78, 5) is 20.2. The smallest absolute Gasteiger partial charge is 0.385 e. The van der Waals surface area contributed by atoms with Gasteiger partial charge in [-0.2, -0.15) is 18.4 Å². The normalized spacial score (nSPS) is 19.4. The number of piperidine rings is 1. The number of carbonyl (C=O) groups excluding carboxylic acids is 1. The lowest BCUT2D eigenvalue weighted by atomic mass is 9.75. The highest BCUT2D eigenvalue weighted by atomic mass is 32.1. The summed E-state index contributed by atoms with van der Waals surface area (Å²) in [5, 5.41) is 16.0. The predicted octanol–water partition coefficient (Wildman–Crippen LogP) is 4.59. The molecule has 1 amide bonds. The van der Waals surface area contributed by atoms with Crippen molar-refractivity contribution in [1.29, 1.82) is 5.26 Å². The Morgan fingerprint density at radius 1 is 1.24 bits per heavy atom. The molecule has 2 saturated heterocycles. The molecule has 3 heterocycles. The minimum Gasteiger partial charge on any atom is -0.385 e. The lowest BCUT2D eigenvalue weighted by Crippen LogP contribution is -2.55. The third-order valence-electron chi connectivity index (χ3n) is 7.67. The zero-order valence-corrected chi connectivity index (χ0v) is 21.5. The Balaban J connectivity index is 1.39. The van der Waals surface area contributed by atoms with E-state index < -0.39 is 23.0 Å². The topological polar surface area (TPSA) is 84.3 Å². The van der Waals surface area contributed by atoms with Crippen molar-refractivity contribution in [1.82, 2.24) is 15.6 Å². The van der Waals surface area contributed by atoms with Gasteiger partial charge in [0.25, 0.3) is 5.91 Å². The van der Waals surface area contributed by atoms with E-state index in [1.807, 2.05) is 24.3 Å². The highest BCUT2D eigenvalue weighted by Crippen LogP contribution is 2.48. The maximum atomic E-state index is 13.6. The van der Waals surface area contributed by atoms with E-state index in [4.69, 9.17) is 17.5 Å². The Kier molecular flexibility index (Phi) is 6.88.